The molecular weight excluding hydrogens is 643 g/mol. The highest BCUT2D eigenvalue weighted by molar-refractivity contribution is 7.16. The molecule has 1 spiro atoms. The van der Waals surface area contributed by atoms with Crippen molar-refractivity contribution in [3.8, 4) is 18.1 Å². The molecule has 2 aliphatic carbocycles. The predicted octanol–water partition coefficient (Wildman–Crippen LogP) is 3.65. The molecule has 4 aliphatic heterocycles. The van der Waals surface area contributed by atoms with E-state index in [-0.39, 0.29) is 35.0 Å². The van der Waals surface area contributed by atoms with Crippen molar-refractivity contribution in [2.75, 3.05) is 81.2 Å². The minimum Gasteiger partial charge on any atom is -0.463 e. The number of thiophene rings is 1. The Morgan fingerprint density at radius 2 is 1.67 bits per heavy atom. The van der Waals surface area contributed by atoms with Crippen LogP contribution in [0.25, 0.3) is 0 Å². The number of rotatable bonds is 7. The normalized spacial score (nSPS) is 25.0. The maximum Gasteiger partial charge on any atom is 0.410 e. The van der Waals surface area contributed by atoms with Gasteiger partial charge in [-0.1, -0.05) is 0 Å². The number of piperazine rings is 1. The number of amides is 1. The first kappa shape index (κ1) is 32.4. The third-order valence-corrected chi connectivity index (χ3v) is 12.3. The highest BCUT2D eigenvalue weighted by Crippen LogP contribution is 2.53. The summed E-state index contributed by atoms with van der Waals surface area (Å²) in [6.07, 6.45) is 5.50. The molecule has 1 amide bonds. The number of ether oxygens (including phenoxy) is 3. The van der Waals surface area contributed by atoms with Gasteiger partial charge in [-0.15, -0.1) is 11.3 Å². The number of aryl methyl sites for hydroxylation is 1. The Bertz CT molecular complexity index is 1710. The van der Waals surface area contributed by atoms with E-state index in [9.17, 15) is 15.3 Å². The molecule has 13 nitrogen and oxygen atoms in total. The first-order valence-corrected chi connectivity index (χ1v) is 18.4. The first-order valence-electron chi connectivity index (χ1n) is 17.6. The standard InChI is InChI=1S/C35H45N9O4S/c1-33(2,3)48-32(45)44-22-4-5-23(44)17-42(16-22)29-25(15-37)30(43-19-35(20-43)7-6-26-27(35)24(14-36)28(38)49-26)40-31(39-29)47-21-34(8-9-34)18-41-10-12-46-13-11-41/h22-23H,4-13,16-21,38H2,1-3H3/t22-,23+. The molecule has 0 unspecified atom stereocenters. The molecule has 2 aromatic heterocycles. The highest BCUT2D eigenvalue weighted by Gasteiger charge is 2.53. The number of aromatic nitrogens is 2. The minimum absolute atomic E-state index is 0.0381. The van der Waals surface area contributed by atoms with Crippen LogP contribution in [0.1, 0.15) is 74.4 Å². The Hall–Kier alpha value is -3.85. The Balaban J connectivity index is 1.08. The molecule has 5 fully saturated rings. The lowest BCUT2D eigenvalue weighted by molar-refractivity contribution is 0.0122. The average Bonchev–Trinajstić information content (AvgIpc) is 3.48. The fourth-order valence-electron chi connectivity index (χ4n) is 8.68. The molecule has 49 heavy (non-hydrogen) atoms. The molecule has 2 aromatic rings. The third kappa shape index (κ3) is 5.81. The summed E-state index contributed by atoms with van der Waals surface area (Å²) in [6, 6.07) is 5.02. The fraction of sp³-hybridized carbons (Fsp3) is 0.686. The SMILES string of the molecule is CC(C)(C)OC(=O)N1[C@@H]2CC[C@H]1CN(c1nc(OCC3(CN4CCOCC4)CC3)nc(N3CC4(CCc5sc(N)c(C#N)c54)C3)c1C#N)C2. The zero-order valence-corrected chi connectivity index (χ0v) is 29.5. The van der Waals surface area contributed by atoms with Gasteiger partial charge in [-0.2, -0.15) is 20.5 Å². The van der Waals surface area contributed by atoms with Crippen molar-refractivity contribution in [1.29, 1.82) is 10.5 Å². The highest BCUT2D eigenvalue weighted by atomic mass is 32.1. The van der Waals surface area contributed by atoms with Crippen molar-refractivity contribution in [1.82, 2.24) is 19.8 Å². The number of nitrogens with zero attached hydrogens (tertiary/aromatic N) is 8. The van der Waals surface area contributed by atoms with Gasteiger partial charge in [0.1, 0.15) is 28.3 Å². The van der Waals surface area contributed by atoms with Crippen LogP contribution in [0.4, 0.5) is 21.4 Å². The van der Waals surface area contributed by atoms with Crippen LogP contribution in [-0.4, -0.2) is 109 Å². The monoisotopic (exact) mass is 687 g/mol. The zero-order valence-electron chi connectivity index (χ0n) is 28.7. The zero-order chi connectivity index (χ0) is 34.1. The van der Waals surface area contributed by atoms with Crippen molar-refractivity contribution in [2.45, 2.75) is 82.4 Å². The van der Waals surface area contributed by atoms with Gasteiger partial charge in [-0.3, -0.25) is 9.80 Å². The van der Waals surface area contributed by atoms with E-state index in [2.05, 4.69) is 26.8 Å². The van der Waals surface area contributed by atoms with E-state index in [0.29, 0.717) is 60.5 Å². The van der Waals surface area contributed by atoms with Crippen molar-refractivity contribution >= 4 is 34.1 Å². The molecule has 14 heteroatoms. The van der Waals surface area contributed by atoms with E-state index in [1.54, 1.807) is 0 Å². The van der Waals surface area contributed by atoms with Crippen LogP contribution in [0, 0.1) is 28.1 Å². The average molecular weight is 688 g/mol. The van der Waals surface area contributed by atoms with Gasteiger partial charge in [-0.25, -0.2) is 4.79 Å². The lowest BCUT2D eigenvalue weighted by Crippen LogP contribution is -2.59. The van der Waals surface area contributed by atoms with E-state index in [1.807, 2.05) is 25.7 Å². The number of hydrogen-bond donors (Lipinski definition) is 1. The lowest BCUT2D eigenvalue weighted by Gasteiger charge is -2.50. The Labute approximate surface area is 291 Å². The van der Waals surface area contributed by atoms with Gasteiger partial charge < -0.3 is 29.7 Å². The van der Waals surface area contributed by atoms with E-state index >= 15 is 0 Å². The van der Waals surface area contributed by atoms with Crippen molar-refractivity contribution < 1.29 is 19.0 Å². The van der Waals surface area contributed by atoms with Crippen LogP contribution < -0.4 is 20.3 Å². The molecule has 0 aromatic carbocycles. The summed E-state index contributed by atoms with van der Waals surface area (Å²) < 4.78 is 17.8. The molecule has 0 radical (unpaired) electrons. The summed E-state index contributed by atoms with van der Waals surface area (Å²) in [4.78, 5) is 32.9. The van der Waals surface area contributed by atoms with Gasteiger partial charge in [-0.05, 0) is 64.9 Å². The molecule has 8 rings (SSSR count). The number of morpholine rings is 1. The molecule has 260 valence electrons. The van der Waals surface area contributed by atoms with Crippen molar-refractivity contribution in [3.63, 3.8) is 0 Å². The van der Waals surface area contributed by atoms with Gasteiger partial charge in [0.25, 0.3) is 0 Å². The van der Waals surface area contributed by atoms with E-state index in [1.165, 1.54) is 16.2 Å². The molecule has 2 N–H and O–H groups in total. The van der Waals surface area contributed by atoms with Crippen LogP contribution >= 0.6 is 11.3 Å². The van der Waals surface area contributed by atoms with E-state index < -0.39 is 5.60 Å². The summed E-state index contributed by atoms with van der Waals surface area (Å²) >= 11 is 1.53. The number of nitrogen functional groups attached to an aromatic ring is 1. The molecule has 6 heterocycles. The predicted molar refractivity (Wildman–Crippen MR) is 184 cm³/mol. The molecule has 2 atom stereocenters. The van der Waals surface area contributed by atoms with E-state index in [4.69, 9.17) is 29.9 Å². The van der Waals surface area contributed by atoms with Crippen LogP contribution in [0.3, 0.4) is 0 Å². The van der Waals surface area contributed by atoms with Gasteiger partial charge in [0.2, 0.25) is 0 Å². The summed E-state index contributed by atoms with van der Waals surface area (Å²) in [6.45, 7) is 12.9. The van der Waals surface area contributed by atoms with Crippen LogP contribution in [0.5, 0.6) is 6.01 Å². The van der Waals surface area contributed by atoms with Crippen molar-refractivity contribution in [2.24, 2.45) is 5.41 Å². The second-order valence-electron chi connectivity index (χ2n) is 15.9. The number of nitrogens with two attached hydrogens (primary N) is 1. The molecule has 4 saturated heterocycles. The second-order valence-corrected chi connectivity index (χ2v) is 17.0. The number of carbonyl (C=O) groups is 1. The topological polar surface area (TPSA) is 157 Å². The maximum absolute atomic E-state index is 13.2. The lowest BCUT2D eigenvalue weighted by atomic mass is 9.74. The Morgan fingerprint density at radius 3 is 2.29 bits per heavy atom. The summed E-state index contributed by atoms with van der Waals surface area (Å²) in [5.41, 5.74) is 7.69. The Morgan fingerprint density at radius 1 is 1.02 bits per heavy atom. The summed E-state index contributed by atoms with van der Waals surface area (Å²) in [7, 11) is 0. The Kier molecular flexibility index (Phi) is 7.85. The smallest absolute Gasteiger partial charge is 0.410 e. The number of hydrogen-bond acceptors (Lipinski definition) is 13. The number of nitriles is 2. The number of fused-ring (bicyclic) bond motifs is 4. The maximum atomic E-state index is 13.2. The van der Waals surface area contributed by atoms with Gasteiger partial charge in [0.05, 0.1) is 37.5 Å². The second kappa shape index (κ2) is 11.9. The first-order chi connectivity index (χ1) is 23.5. The fourth-order valence-corrected chi connectivity index (χ4v) is 9.82. The molecular formula is C35H45N9O4S. The minimum atomic E-state index is -0.576. The summed E-state index contributed by atoms with van der Waals surface area (Å²) in [5.74, 6) is 1.13. The molecule has 2 bridgehead atoms. The van der Waals surface area contributed by atoms with Crippen LogP contribution in [0.2, 0.25) is 0 Å². The van der Waals surface area contributed by atoms with Crippen LogP contribution in [0.15, 0.2) is 0 Å². The largest absolute Gasteiger partial charge is 0.463 e. The third-order valence-electron chi connectivity index (χ3n) is 11.2. The van der Waals surface area contributed by atoms with Gasteiger partial charge in [0, 0.05) is 61.5 Å². The molecule has 1 saturated carbocycles. The van der Waals surface area contributed by atoms with Crippen molar-refractivity contribution in [3.05, 3.63) is 21.6 Å². The van der Waals surface area contributed by atoms with E-state index in [0.717, 1.165) is 76.9 Å². The van der Waals surface area contributed by atoms with Crippen LogP contribution in [-0.2, 0) is 21.3 Å². The van der Waals surface area contributed by atoms with Gasteiger partial charge in [0.15, 0.2) is 11.6 Å². The number of anilines is 3. The summed E-state index contributed by atoms with van der Waals surface area (Å²) in [5, 5.41) is 21.2. The van der Waals surface area contributed by atoms with Gasteiger partial charge >= 0.3 is 12.1 Å². The quantitative estimate of drug-likeness (QED) is 0.452. The molecule has 6 aliphatic rings. The number of carbonyl (C=O) groups excluding carboxylic acids is 1.